The molecule has 0 fully saturated rings. The van der Waals surface area contributed by atoms with E-state index in [0.29, 0.717) is 0 Å². The van der Waals surface area contributed by atoms with E-state index in [1.807, 2.05) is 0 Å². The molecule has 0 heterocycles. The van der Waals surface area contributed by atoms with Crippen LogP contribution in [0.4, 0.5) is 0 Å². The summed E-state index contributed by atoms with van der Waals surface area (Å²) >= 11 is 0. The van der Waals surface area contributed by atoms with Crippen LogP contribution in [0.5, 0.6) is 0 Å². The molecule has 0 aliphatic heterocycles. The molecule has 0 aromatic heterocycles. The average Bonchev–Trinajstić information content (AvgIpc) is 1.86. The molecule has 11 heavy (non-hydrogen) atoms. The molecule has 1 atom stereocenters. The molecule has 0 aliphatic rings. The van der Waals surface area contributed by atoms with E-state index in [1.54, 1.807) is 6.92 Å². The first-order valence-electron chi connectivity index (χ1n) is 3.23. The lowest BCUT2D eigenvalue weighted by molar-refractivity contribution is 0.265. The Labute approximate surface area is 67.0 Å². The largest absolute Gasteiger partial charge is 0.395 e. The number of sulfonamides is 1. The predicted molar refractivity (Wildman–Crippen MR) is 43.7 cm³/mol. The molecule has 0 aromatic carbocycles. The molecule has 0 saturated carbocycles. The molecular weight excluding hydrogens is 166 g/mol. The van der Waals surface area contributed by atoms with Gasteiger partial charge in [-0.1, -0.05) is 6.08 Å². The van der Waals surface area contributed by atoms with E-state index in [2.05, 4.69) is 11.3 Å². The molecule has 1 unspecified atom stereocenters. The van der Waals surface area contributed by atoms with E-state index in [0.717, 1.165) is 0 Å². The minimum Gasteiger partial charge on any atom is -0.395 e. The molecular formula is C6H13NO3S. The third kappa shape index (κ3) is 4.94. The van der Waals surface area contributed by atoms with Gasteiger partial charge in [0.25, 0.3) is 0 Å². The number of nitrogens with one attached hydrogen (secondary N) is 1. The minimum atomic E-state index is -3.27. The molecule has 0 aromatic rings. The third-order valence-corrected chi connectivity index (χ3v) is 2.43. The van der Waals surface area contributed by atoms with Crippen LogP contribution in [0.25, 0.3) is 0 Å². The average molecular weight is 179 g/mol. The maximum Gasteiger partial charge on any atom is 0.215 e. The summed E-state index contributed by atoms with van der Waals surface area (Å²) in [5.41, 5.74) is 0. The summed E-state index contributed by atoms with van der Waals surface area (Å²) in [4.78, 5) is 0. The Kier molecular flexibility index (Phi) is 4.32. The Morgan fingerprint density at radius 2 is 2.27 bits per heavy atom. The fraction of sp³-hybridized carbons (Fsp3) is 0.667. The molecule has 0 saturated heterocycles. The van der Waals surface area contributed by atoms with E-state index < -0.39 is 16.1 Å². The summed E-state index contributed by atoms with van der Waals surface area (Å²) in [6.07, 6.45) is 1.30. The summed E-state index contributed by atoms with van der Waals surface area (Å²) in [5, 5.41) is 8.51. The second-order valence-corrected chi connectivity index (χ2v) is 4.07. The summed E-state index contributed by atoms with van der Waals surface area (Å²) in [7, 11) is -3.27. The van der Waals surface area contributed by atoms with Crippen LogP contribution in [0.2, 0.25) is 0 Å². The van der Waals surface area contributed by atoms with Crippen LogP contribution in [0, 0.1) is 0 Å². The van der Waals surface area contributed by atoms with Gasteiger partial charge >= 0.3 is 0 Å². The van der Waals surface area contributed by atoms with Crippen LogP contribution in [-0.4, -0.2) is 31.9 Å². The number of aliphatic hydroxyl groups excluding tert-OH is 1. The molecule has 0 rings (SSSR count). The number of hydrogen-bond acceptors (Lipinski definition) is 3. The van der Waals surface area contributed by atoms with Gasteiger partial charge in [0.05, 0.1) is 12.4 Å². The Bertz CT molecular complexity index is 210. The van der Waals surface area contributed by atoms with E-state index in [9.17, 15) is 8.42 Å². The van der Waals surface area contributed by atoms with Gasteiger partial charge in [-0.15, -0.1) is 6.58 Å². The minimum absolute atomic E-state index is 0.114. The number of aliphatic hydroxyl groups is 1. The lowest BCUT2D eigenvalue weighted by atomic mass is 10.4. The third-order valence-electron chi connectivity index (χ3n) is 0.992. The van der Waals surface area contributed by atoms with Crippen molar-refractivity contribution in [2.45, 2.75) is 13.0 Å². The maximum absolute atomic E-state index is 10.9. The van der Waals surface area contributed by atoms with Gasteiger partial charge in [0, 0.05) is 6.04 Å². The highest BCUT2D eigenvalue weighted by Crippen LogP contribution is 1.88. The Morgan fingerprint density at radius 3 is 2.64 bits per heavy atom. The lowest BCUT2D eigenvalue weighted by Crippen LogP contribution is -2.36. The fourth-order valence-corrected chi connectivity index (χ4v) is 1.64. The maximum atomic E-state index is 10.9. The van der Waals surface area contributed by atoms with Gasteiger partial charge in [0.15, 0.2) is 0 Å². The van der Waals surface area contributed by atoms with Crippen LogP contribution in [-0.2, 0) is 10.0 Å². The van der Waals surface area contributed by atoms with Crippen molar-refractivity contribution >= 4 is 10.0 Å². The van der Waals surface area contributed by atoms with Crippen molar-refractivity contribution in [1.82, 2.24) is 4.72 Å². The quantitative estimate of drug-likeness (QED) is 0.558. The van der Waals surface area contributed by atoms with Gasteiger partial charge in [0.2, 0.25) is 10.0 Å². The lowest BCUT2D eigenvalue weighted by Gasteiger charge is -2.09. The second-order valence-electron chi connectivity index (χ2n) is 2.27. The van der Waals surface area contributed by atoms with Crippen molar-refractivity contribution in [3.63, 3.8) is 0 Å². The first-order chi connectivity index (χ1) is 5.02. The van der Waals surface area contributed by atoms with Gasteiger partial charge in [-0.25, -0.2) is 13.1 Å². The van der Waals surface area contributed by atoms with E-state index in [1.165, 1.54) is 6.08 Å². The Hall–Kier alpha value is -0.390. The zero-order valence-corrected chi connectivity index (χ0v) is 7.26. The van der Waals surface area contributed by atoms with Gasteiger partial charge in [-0.05, 0) is 6.92 Å². The second kappa shape index (κ2) is 4.48. The SMILES string of the molecule is C=CCS(=O)(=O)NC(C)CO. The van der Waals surface area contributed by atoms with Gasteiger partial charge in [-0.3, -0.25) is 0 Å². The molecule has 2 N–H and O–H groups in total. The molecule has 5 heteroatoms. The number of rotatable bonds is 5. The monoisotopic (exact) mass is 179 g/mol. The molecule has 66 valence electrons. The highest BCUT2D eigenvalue weighted by Gasteiger charge is 2.10. The van der Waals surface area contributed by atoms with E-state index in [-0.39, 0.29) is 12.4 Å². The van der Waals surface area contributed by atoms with Crippen LogP contribution in [0.15, 0.2) is 12.7 Å². The van der Waals surface area contributed by atoms with Crippen LogP contribution in [0.3, 0.4) is 0 Å². The Balaban J connectivity index is 4.02. The normalized spacial score (nSPS) is 14.4. The fourth-order valence-electron chi connectivity index (χ4n) is 0.547. The summed E-state index contributed by atoms with van der Waals surface area (Å²) in [6, 6.07) is -0.431. The number of hydrogen-bond donors (Lipinski definition) is 2. The molecule has 4 nitrogen and oxygen atoms in total. The predicted octanol–water partition coefficient (Wildman–Crippen LogP) is -0.527. The Morgan fingerprint density at radius 1 is 1.73 bits per heavy atom. The zero-order valence-electron chi connectivity index (χ0n) is 6.45. The van der Waals surface area contributed by atoms with Crippen molar-refractivity contribution in [2.75, 3.05) is 12.4 Å². The van der Waals surface area contributed by atoms with Gasteiger partial charge < -0.3 is 5.11 Å². The first-order valence-corrected chi connectivity index (χ1v) is 4.89. The summed E-state index contributed by atoms with van der Waals surface area (Å²) in [6.45, 7) is 4.68. The van der Waals surface area contributed by atoms with Crippen molar-refractivity contribution in [2.24, 2.45) is 0 Å². The topological polar surface area (TPSA) is 66.4 Å². The highest BCUT2D eigenvalue weighted by atomic mass is 32.2. The molecule has 0 aliphatic carbocycles. The van der Waals surface area contributed by atoms with Crippen molar-refractivity contribution in [3.05, 3.63) is 12.7 Å². The molecule has 0 spiro atoms. The summed E-state index contributed by atoms with van der Waals surface area (Å²) in [5.74, 6) is -0.114. The van der Waals surface area contributed by atoms with Crippen LogP contribution in [0.1, 0.15) is 6.92 Å². The van der Waals surface area contributed by atoms with Crippen molar-refractivity contribution in [3.8, 4) is 0 Å². The first kappa shape index (κ1) is 10.6. The highest BCUT2D eigenvalue weighted by molar-refractivity contribution is 7.89. The van der Waals surface area contributed by atoms with Crippen molar-refractivity contribution in [1.29, 1.82) is 0 Å². The van der Waals surface area contributed by atoms with E-state index in [4.69, 9.17) is 5.11 Å². The molecule has 0 amide bonds. The molecule has 0 radical (unpaired) electrons. The zero-order chi connectivity index (χ0) is 8.91. The van der Waals surface area contributed by atoms with Crippen LogP contribution >= 0.6 is 0 Å². The standard InChI is InChI=1S/C6H13NO3S/c1-3-4-11(9,10)7-6(2)5-8/h3,6-8H,1,4-5H2,2H3. The van der Waals surface area contributed by atoms with Gasteiger partial charge in [0.1, 0.15) is 0 Å². The van der Waals surface area contributed by atoms with E-state index >= 15 is 0 Å². The van der Waals surface area contributed by atoms with Crippen LogP contribution < -0.4 is 4.72 Å². The van der Waals surface area contributed by atoms with Gasteiger partial charge in [-0.2, -0.15) is 0 Å². The molecule has 0 bridgehead atoms. The summed E-state index contributed by atoms with van der Waals surface area (Å²) < 4.78 is 24.1. The van der Waals surface area contributed by atoms with Crippen molar-refractivity contribution < 1.29 is 13.5 Å². The smallest absolute Gasteiger partial charge is 0.215 e.